The number of nitrogens with zero attached hydrogens (tertiary/aromatic N) is 1. The Bertz CT molecular complexity index is 594. The van der Waals surface area contributed by atoms with E-state index in [0.717, 1.165) is 38.3 Å². The van der Waals surface area contributed by atoms with Crippen LogP contribution in [-0.4, -0.2) is 13.1 Å². The molecule has 0 saturated carbocycles. The van der Waals surface area contributed by atoms with Crippen LogP contribution < -0.4 is 10.2 Å². The molecule has 0 bridgehead atoms. The van der Waals surface area contributed by atoms with E-state index in [2.05, 4.69) is 29.3 Å². The highest BCUT2D eigenvalue weighted by Crippen LogP contribution is 2.31. The number of nitrogens with one attached hydrogen (secondary N) is 1. The Morgan fingerprint density at radius 1 is 1.25 bits per heavy atom. The van der Waals surface area contributed by atoms with Crippen LogP contribution in [0.2, 0.25) is 0 Å². The molecule has 106 valence electrons. The molecule has 1 aromatic carbocycles. The average Bonchev–Trinajstić information content (AvgIpc) is 3.05. The van der Waals surface area contributed by atoms with Gasteiger partial charge in [0.1, 0.15) is 5.82 Å². The van der Waals surface area contributed by atoms with Crippen LogP contribution in [0.5, 0.6) is 0 Å². The highest BCUT2D eigenvalue weighted by atomic mass is 32.1. The summed E-state index contributed by atoms with van der Waals surface area (Å²) in [5.74, 6) is -0.144. The number of rotatable bonds is 5. The number of hydrogen-bond donors (Lipinski definition) is 1. The first-order valence-electron chi connectivity index (χ1n) is 7.08. The maximum atomic E-state index is 13.4. The van der Waals surface area contributed by atoms with Crippen LogP contribution in [0.4, 0.5) is 10.1 Å². The third-order valence-corrected chi connectivity index (χ3v) is 4.72. The van der Waals surface area contributed by atoms with E-state index < -0.39 is 0 Å². The van der Waals surface area contributed by atoms with E-state index >= 15 is 0 Å². The van der Waals surface area contributed by atoms with Gasteiger partial charge >= 0.3 is 0 Å². The van der Waals surface area contributed by atoms with Gasteiger partial charge in [0.2, 0.25) is 0 Å². The van der Waals surface area contributed by atoms with Crippen LogP contribution in [0.3, 0.4) is 0 Å². The number of anilines is 1. The van der Waals surface area contributed by atoms with Gasteiger partial charge in [-0.1, -0.05) is 13.0 Å². The molecule has 4 heteroatoms. The van der Waals surface area contributed by atoms with Crippen LogP contribution in [-0.2, 0) is 19.5 Å². The van der Waals surface area contributed by atoms with Crippen LogP contribution in [0.15, 0.2) is 30.3 Å². The van der Waals surface area contributed by atoms with E-state index in [1.165, 1.54) is 15.3 Å². The largest absolute Gasteiger partial charge is 0.366 e. The summed E-state index contributed by atoms with van der Waals surface area (Å²) in [4.78, 5) is 4.98. The van der Waals surface area contributed by atoms with Crippen LogP contribution >= 0.6 is 11.3 Å². The van der Waals surface area contributed by atoms with E-state index in [4.69, 9.17) is 0 Å². The molecule has 2 aromatic rings. The molecule has 1 aliphatic heterocycles. The minimum Gasteiger partial charge on any atom is -0.366 e. The van der Waals surface area contributed by atoms with Gasteiger partial charge in [0.15, 0.2) is 0 Å². The lowest BCUT2D eigenvalue weighted by molar-refractivity contribution is 0.627. The number of benzene rings is 1. The Balaban J connectivity index is 1.70. The molecule has 0 spiro atoms. The molecule has 20 heavy (non-hydrogen) atoms. The third kappa shape index (κ3) is 2.86. The number of hydrogen-bond acceptors (Lipinski definition) is 3. The monoisotopic (exact) mass is 290 g/mol. The second-order valence-corrected chi connectivity index (χ2v) is 6.35. The SMILES string of the molecule is CCNCc1ccc(CN2CCc3ccc(F)cc32)s1. The van der Waals surface area contributed by atoms with Gasteiger partial charge in [0.05, 0.1) is 6.54 Å². The van der Waals surface area contributed by atoms with Crippen LogP contribution in [0.1, 0.15) is 22.2 Å². The molecule has 1 aliphatic rings. The fraction of sp³-hybridized carbons (Fsp3) is 0.375. The van der Waals surface area contributed by atoms with Crippen molar-refractivity contribution in [2.24, 2.45) is 0 Å². The number of halogens is 1. The summed E-state index contributed by atoms with van der Waals surface area (Å²) in [6.45, 7) is 5.91. The lowest BCUT2D eigenvalue weighted by atomic mass is 10.2. The highest BCUT2D eigenvalue weighted by molar-refractivity contribution is 7.12. The van der Waals surface area contributed by atoms with Crippen molar-refractivity contribution in [3.05, 3.63) is 51.5 Å². The summed E-state index contributed by atoms with van der Waals surface area (Å²) in [6.07, 6.45) is 1.02. The summed E-state index contributed by atoms with van der Waals surface area (Å²) < 4.78 is 13.4. The molecule has 3 rings (SSSR count). The average molecular weight is 290 g/mol. The van der Waals surface area contributed by atoms with Crippen LogP contribution in [0, 0.1) is 5.82 Å². The standard InChI is InChI=1S/C16H19FN2S/c1-2-18-10-14-5-6-15(20-14)11-19-8-7-12-3-4-13(17)9-16(12)19/h3-6,9,18H,2,7-8,10-11H2,1H3. The van der Waals surface area contributed by atoms with Crippen molar-refractivity contribution < 1.29 is 4.39 Å². The predicted molar refractivity (Wildman–Crippen MR) is 82.9 cm³/mol. The maximum Gasteiger partial charge on any atom is 0.125 e. The molecular weight excluding hydrogens is 271 g/mol. The molecule has 2 nitrogen and oxygen atoms in total. The van der Waals surface area contributed by atoms with Crippen molar-refractivity contribution in [3.8, 4) is 0 Å². The zero-order valence-electron chi connectivity index (χ0n) is 11.7. The Kier molecular flexibility index (Phi) is 4.03. The zero-order chi connectivity index (χ0) is 13.9. The summed E-state index contributed by atoms with van der Waals surface area (Å²) in [7, 11) is 0. The molecule has 0 saturated heterocycles. The van der Waals surface area contributed by atoms with E-state index in [-0.39, 0.29) is 5.82 Å². The van der Waals surface area contributed by atoms with E-state index in [1.54, 1.807) is 12.1 Å². The summed E-state index contributed by atoms with van der Waals surface area (Å²) in [5.41, 5.74) is 2.32. The smallest absolute Gasteiger partial charge is 0.125 e. The molecule has 0 fully saturated rings. The second-order valence-electron chi connectivity index (χ2n) is 5.09. The van der Waals surface area contributed by atoms with Crippen LogP contribution in [0.25, 0.3) is 0 Å². The predicted octanol–water partition coefficient (Wildman–Crippen LogP) is 3.56. The molecule has 0 aliphatic carbocycles. The van der Waals surface area contributed by atoms with E-state index in [1.807, 2.05) is 17.4 Å². The first-order chi connectivity index (χ1) is 9.76. The van der Waals surface area contributed by atoms with Crippen molar-refractivity contribution in [2.45, 2.75) is 26.4 Å². The third-order valence-electron chi connectivity index (χ3n) is 3.65. The van der Waals surface area contributed by atoms with Gasteiger partial charge in [-0.25, -0.2) is 4.39 Å². The molecule has 1 aromatic heterocycles. The molecule has 0 radical (unpaired) electrons. The van der Waals surface area contributed by atoms with Gasteiger partial charge < -0.3 is 10.2 Å². The van der Waals surface area contributed by atoms with Crippen molar-refractivity contribution in [3.63, 3.8) is 0 Å². The summed E-state index contributed by atoms with van der Waals surface area (Å²) >= 11 is 1.84. The van der Waals surface area contributed by atoms with Crippen molar-refractivity contribution in [1.82, 2.24) is 5.32 Å². The van der Waals surface area contributed by atoms with E-state index in [9.17, 15) is 4.39 Å². The highest BCUT2D eigenvalue weighted by Gasteiger charge is 2.20. The van der Waals surface area contributed by atoms with Gasteiger partial charge in [0, 0.05) is 28.5 Å². The Morgan fingerprint density at radius 2 is 2.10 bits per heavy atom. The number of fused-ring (bicyclic) bond motifs is 1. The lowest BCUT2D eigenvalue weighted by Crippen LogP contribution is -2.19. The molecular formula is C16H19FN2S. The van der Waals surface area contributed by atoms with E-state index in [0.29, 0.717) is 0 Å². The molecule has 0 amide bonds. The lowest BCUT2D eigenvalue weighted by Gasteiger charge is -2.18. The topological polar surface area (TPSA) is 15.3 Å². The normalized spacial score (nSPS) is 13.8. The van der Waals surface area contributed by atoms with Gasteiger partial charge in [-0.15, -0.1) is 11.3 Å². The Hall–Kier alpha value is -1.39. The van der Waals surface area contributed by atoms with Gasteiger partial charge in [-0.05, 0) is 42.8 Å². The Labute approximate surface area is 123 Å². The molecule has 0 unspecified atom stereocenters. The summed E-state index contributed by atoms with van der Waals surface area (Å²) in [5, 5.41) is 3.34. The maximum absolute atomic E-state index is 13.4. The molecule has 1 N–H and O–H groups in total. The van der Waals surface area contributed by atoms with Crippen molar-refractivity contribution >= 4 is 17.0 Å². The zero-order valence-corrected chi connectivity index (χ0v) is 12.5. The fourth-order valence-corrected chi connectivity index (χ4v) is 3.63. The molecule has 2 heterocycles. The quantitative estimate of drug-likeness (QED) is 0.906. The minimum atomic E-state index is -0.144. The van der Waals surface area contributed by atoms with Gasteiger partial charge in [-0.3, -0.25) is 0 Å². The van der Waals surface area contributed by atoms with Crippen molar-refractivity contribution in [2.75, 3.05) is 18.0 Å². The van der Waals surface area contributed by atoms with Crippen molar-refractivity contribution in [1.29, 1.82) is 0 Å². The fourth-order valence-electron chi connectivity index (χ4n) is 2.62. The minimum absolute atomic E-state index is 0.144. The number of thiophene rings is 1. The molecule has 0 atom stereocenters. The first-order valence-corrected chi connectivity index (χ1v) is 7.89. The first kappa shape index (κ1) is 13.6. The van der Waals surface area contributed by atoms with Gasteiger partial charge in [0.25, 0.3) is 0 Å². The second kappa shape index (κ2) is 5.94. The Morgan fingerprint density at radius 3 is 2.95 bits per heavy atom. The van der Waals surface area contributed by atoms with Gasteiger partial charge in [-0.2, -0.15) is 0 Å². The summed E-state index contributed by atoms with van der Waals surface area (Å²) in [6, 6.07) is 9.51.